The van der Waals surface area contributed by atoms with Crippen LogP contribution in [-0.2, 0) is 9.53 Å². The highest BCUT2D eigenvalue weighted by Gasteiger charge is 2.20. The maximum absolute atomic E-state index is 12.5. The fraction of sp³-hybridized carbons (Fsp3) is 0.190. The molecule has 0 radical (unpaired) electrons. The van der Waals surface area contributed by atoms with Gasteiger partial charge >= 0.3 is 11.9 Å². The van der Waals surface area contributed by atoms with E-state index in [4.69, 9.17) is 31.1 Å². The number of hydrogen-bond donors (Lipinski definition) is 0. The molecule has 2 aromatic rings. The van der Waals surface area contributed by atoms with E-state index in [1.807, 2.05) is 0 Å². The topological polar surface area (TPSA) is 129 Å². The van der Waals surface area contributed by atoms with Crippen LogP contribution in [0.4, 0.5) is 5.69 Å². The van der Waals surface area contributed by atoms with Crippen molar-refractivity contribution in [2.24, 2.45) is 0 Å². The molecule has 160 valence electrons. The molecule has 9 nitrogen and oxygen atoms in total. The standard InChI is InChI=1S/C21H17ClN2O7/c1-3-29-19-10-13(9-14(12-23)20(25)30-4-2)5-8-18(19)31-21(26)16-11-15(24(27)28)6-7-17(16)22/h5-11H,3-4H2,1-2H3/b14-9+. The number of nitrogens with zero attached hydrogens (tertiary/aromatic N) is 2. The van der Waals surface area contributed by atoms with Crippen LogP contribution >= 0.6 is 11.6 Å². The van der Waals surface area contributed by atoms with Gasteiger partial charge in [0.25, 0.3) is 5.69 Å². The second-order valence-electron chi connectivity index (χ2n) is 5.84. The molecule has 2 aromatic carbocycles. The lowest BCUT2D eigenvalue weighted by Gasteiger charge is -2.12. The van der Waals surface area contributed by atoms with Gasteiger partial charge in [-0.25, -0.2) is 9.59 Å². The Hall–Kier alpha value is -3.90. The second-order valence-corrected chi connectivity index (χ2v) is 6.25. The van der Waals surface area contributed by atoms with E-state index in [0.717, 1.165) is 6.07 Å². The highest BCUT2D eigenvalue weighted by Crippen LogP contribution is 2.31. The lowest BCUT2D eigenvalue weighted by molar-refractivity contribution is -0.384. The molecule has 0 N–H and O–H groups in total. The number of halogens is 1. The summed E-state index contributed by atoms with van der Waals surface area (Å²) in [6.07, 6.45) is 1.31. The zero-order valence-electron chi connectivity index (χ0n) is 16.6. The molecule has 0 aliphatic carbocycles. The second kappa shape index (κ2) is 10.8. The predicted octanol–water partition coefficient (Wildman–Crippen LogP) is 4.34. The average molecular weight is 445 g/mol. The summed E-state index contributed by atoms with van der Waals surface area (Å²) < 4.78 is 15.6. The summed E-state index contributed by atoms with van der Waals surface area (Å²) >= 11 is 5.98. The van der Waals surface area contributed by atoms with Crippen molar-refractivity contribution < 1.29 is 28.7 Å². The first-order valence-corrected chi connectivity index (χ1v) is 9.40. The van der Waals surface area contributed by atoms with Gasteiger partial charge in [-0.2, -0.15) is 5.26 Å². The molecule has 0 heterocycles. The van der Waals surface area contributed by atoms with Crippen molar-refractivity contribution in [1.29, 1.82) is 5.26 Å². The van der Waals surface area contributed by atoms with Gasteiger partial charge in [0.1, 0.15) is 11.6 Å². The Balaban J connectivity index is 2.37. The minimum atomic E-state index is -0.915. The van der Waals surface area contributed by atoms with Crippen LogP contribution in [0, 0.1) is 21.4 Å². The SMILES string of the molecule is CCOC(=O)/C(C#N)=C/c1ccc(OC(=O)c2cc([N+](=O)[O-])ccc2Cl)c(OCC)c1. The first-order chi connectivity index (χ1) is 14.8. The Morgan fingerprint density at radius 1 is 1.16 bits per heavy atom. The summed E-state index contributed by atoms with van der Waals surface area (Å²) in [6.45, 7) is 3.69. The third kappa shape index (κ3) is 6.04. The number of nitro benzene ring substituents is 1. The normalized spacial score (nSPS) is 10.7. The quantitative estimate of drug-likeness (QED) is 0.147. The van der Waals surface area contributed by atoms with Crippen LogP contribution in [0.3, 0.4) is 0 Å². The molecule has 0 unspecified atom stereocenters. The third-order valence-electron chi connectivity index (χ3n) is 3.78. The van der Waals surface area contributed by atoms with Crippen LogP contribution < -0.4 is 9.47 Å². The van der Waals surface area contributed by atoms with Crippen LogP contribution in [0.1, 0.15) is 29.8 Å². The molecule has 0 aromatic heterocycles. The van der Waals surface area contributed by atoms with Crippen LogP contribution in [0.15, 0.2) is 42.0 Å². The van der Waals surface area contributed by atoms with Gasteiger partial charge in [0, 0.05) is 12.1 Å². The number of benzene rings is 2. The van der Waals surface area contributed by atoms with Crippen LogP contribution in [-0.4, -0.2) is 30.1 Å². The lowest BCUT2D eigenvalue weighted by Crippen LogP contribution is -2.11. The van der Waals surface area contributed by atoms with Crippen molar-refractivity contribution in [1.82, 2.24) is 0 Å². The minimum absolute atomic E-state index is 0.0128. The number of hydrogen-bond acceptors (Lipinski definition) is 8. The van der Waals surface area contributed by atoms with Crippen molar-refractivity contribution in [2.45, 2.75) is 13.8 Å². The molecular formula is C21H17ClN2O7. The monoisotopic (exact) mass is 444 g/mol. The number of carbonyl (C=O) groups is 2. The van der Waals surface area contributed by atoms with Gasteiger partial charge in [-0.05, 0) is 43.7 Å². The van der Waals surface area contributed by atoms with Crippen molar-refractivity contribution in [3.05, 3.63) is 68.2 Å². The Morgan fingerprint density at radius 3 is 2.52 bits per heavy atom. The molecule has 31 heavy (non-hydrogen) atoms. The first-order valence-electron chi connectivity index (χ1n) is 9.02. The maximum atomic E-state index is 12.5. The highest BCUT2D eigenvalue weighted by atomic mass is 35.5. The van der Waals surface area contributed by atoms with E-state index in [1.54, 1.807) is 19.9 Å². The molecule has 0 saturated carbocycles. The molecule has 0 aliphatic rings. The molecule has 2 rings (SSSR count). The number of ether oxygens (including phenoxy) is 3. The molecule has 0 bridgehead atoms. The molecule has 10 heteroatoms. The van der Waals surface area contributed by atoms with Gasteiger partial charge in [0.05, 0.1) is 28.7 Å². The van der Waals surface area contributed by atoms with Gasteiger partial charge in [-0.1, -0.05) is 17.7 Å². The lowest BCUT2D eigenvalue weighted by atomic mass is 10.1. The minimum Gasteiger partial charge on any atom is -0.490 e. The van der Waals surface area contributed by atoms with E-state index in [1.165, 1.54) is 36.4 Å². The van der Waals surface area contributed by atoms with Gasteiger partial charge in [-0.15, -0.1) is 0 Å². The van der Waals surface area contributed by atoms with E-state index < -0.39 is 16.9 Å². The highest BCUT2D eigenvalue weighted by molar-refractivity contribution is 6.33. The van der Waals surface area contributed by atoms with Crippen LogP contribution in [0.5, 0.6) is 11.5 Å². The van der Waals surface area contributed by atoms with Gasteiger partial charge in [0.2, 0.25) is 0 Å². The molecule has 0 atom stereocenters. The van der Waals surface area contributed by atoms with Gasteiger partial charge < -0.3 is 14.2 Å². The average Bonchev–Trinajstić information content (AvgIpc) is 2.74. The Bertz CT molecular complexity index is 1090. The Morgan fingerprint density at radius 2 is 1.90 bits per heavy atom. The van der Waals surface area contributed by atoms with E-state index in [0.29, 0.717) is 5.56 Å². The number of nitriles is 1. The number of esters is 2. The van der Waals surface area contributed by atoms with Crippen molar-refractivity contribution in [3.63, 3.8) is 0 Å². The summed E-state index contributed by atoms with van der Waals surface area (Å²) in [5, 5.41) is 20.1. The third-order valence-corrected chi connectivity index (χ3v) is 4.11. The summed E-state index contributed by atoms with van der Waals surface area (Å²) in [7, 11) is 0. The Labute approximate surface area is 182 Å². The van der Waals surface area contributed by atoms with Crippen LogP contribution in [0.2, 0.25) is 5.02 Å². The number of nitro groups is 1. The number of rotatable bonds is 8. The summed E-state index contributed by atoms with van der Waals surface area (Å²) in [6, 6.07) is 9.55. The van der Waals surface area contributed by atoms with E-state index >= 15 is 0 Å². The molecule has 0 amide bonds. The smallest absolute Gasteiger partial charge is 0.348 e. The van der Waals surface area contributed by atoms with E-state index in [-0.39, 0.29) is 46.6 Å². The summed E-state index contributed by atoms with van der Waals surface area (Å²) in [5.74, 6) is -1.49. The van der Waals surface area contributed by atoms with Gasteiger partial charge in [0.15, 0.2) is 11.5 Å². The molecule has 0 spiro atoms. The van der Waals surface area contributed by atoms with Crippen molar-refractivity contribution >= 4 is 35.3 Å². The summed E-state index contributed by atoms with van der Waals surface area (Å²) in [5.41, 5.74) is -0.278. The Kier molecular flexibility index (Phi) is 8.11. The zero-order valence-corrected chi connectivity index (χ0v) is 17.3. The van der Waals surface area contributed by atoms with Gasteiger partial charge in [-0.3, -0.25) is 10.1 Å². The fourth-order valence-electron chi connectivity index (χ4n) is 2.42. The fourth-order valence-corrected chi connectivity index (χ4v) is 2.61. The van der Waals surface area contributed by atoms with E-state index in [9.17, 15) is 19.7 Å². The largest absolute Gasteiger partial charge is 0.490 e. The van der Waals surface area contributed by atoms with Crippen molar-refractivity contribution in [2.75, 3.05) is 13.2 Å². The number of non-ortho nitro benzene ring substituents is 1. The first kappa shape index (κ1) is 23.4. The van der Waals surface area contributed by atoms with E-state index in [2.05, 4.69) is 0 Å². The predicted molar refractivity (Wildman–Crippen MR) is 111 cm³/mol. The molecule has 0 aliphatic heterocycles. The number of carbonyl (C=O) groups excluding carboxylic acids is 2. The van der Waals surface area contributed by atoms with Crippen molar-refractivity contribution in [3.8, 4) is 17.6 Å². The molecule has 0 fully saturated rings. The van der Waals surface area contributed by atoms with Crippen LogP contribution in [0.25, 0.3) is 6.08 Å². The molecule has 0 saturated heterocycles. The molecular weight excluding hydrogens is 428 g/mol. The summed E-state index contributed by atoms with van der Waals surface area (Å²) in [4.78, 5) is 34.6. The maximum Gasteiger partial charge on any atom is 0.348 e. The zero-order chi connectivity index (χ0) is 23.0.